The largest absolute Gasteiger partial charge is 0.495 e. The van der Waals surface area contributed by atoms with Gasteiger partial charge in [-0.3, -0.25) is 0 Å². The first kappa shape index (κ1) is 14.3. The summed E-state index contributed by atoms with van der Waals surface area (Å²) < 4.78 is 18.2. The van der Waals surface area contributed by atoms with Gasteiger partial charge in [-0.15, -0.1) is 0 Å². The van der Waals surface area contributed by atoms with E-state index < -0.39 is 0 Å². The third kappa shape index (κ3) is 3.27. The van der Waals surface area contributed by atoms with Gasteiger partial charge in [0, 0.05) is 19.6 Å². The van der Waals surface area contributed by atoms with Crippen LogP contribution in [-0.2, 0) is 0 Å². The van der Waals surface area contributed by atoms with Crippen LogP contribution in [0.1, 0.15) is 11.6 Å². The van der Waals surface area contributed by atoms with Crippen LogP contribution in [0.2, 0.25) is 0 Å². The van der Waals surface area contributed by atoms with E-state index in [9.17, 15) is 4.39 Å². The number of rotatable bonds is 5. The van der Waals surface area contributed by atoms with Crippen molar-refractivity contribution in [2.24, 2.45) is 5.73 Å². The van der Waals surface area contributed by atoms with E-state index in [4.69, 9.17) is 10.5 Å². The molecular weight excluding hydrogens is 255 g/mol. The molecule has 0 aliphatic heterocycles. The Morgan fingerprint density at radius 2 is 1.80 bits per heavy atom. The van der Waals surface area contributed by atoms with Crippen LogP contribution < -0.4 is 15.4 Å². The van der Waals surface area contributed by atoms with Crippen LogP contribution in [0.25, 0.3) is 0 Å². The predicted octanol–water partition coefficient (Wildman–Crippen LogP) is 2.97. The Morgan fingerprint density at radius 1 is 1.15 bits per heavy atom. The molecule has 0 spiro atoms. The zero-order chi connectivity index (χ0) is 14.5. The summed E-state index contributed by atoms with van der Waals surface area (Å²) in [5.41, 5.74) is 8.06. The molecular formula is C16H19FN2O. The van der Waals surface area contributed by atoms with Crippen molar-refractivity contribution in [3.63, 3.8) is 0 Å². The van der Waals surface area contributed by atoms with E-state index in [0.717, 1.165) is 17.0 Å². The lowest BCUT2D eigenvalue weighted by atomic mass is 10.1. The second-order valence-corrected chi connectivity index (χ2v) is 4.71. The molecule has 20 heavy (non-hydrogen) atoms. The summed E-state index contributed by atoms with van der Waals surface area (Å²) in [7, 11) is 3.60. The number of methoxy groups -OCH3 is 1. The van der Waals surface area contributed by atoms with Gasteiger partial charge in [0.15, 0.2) is 0 Å². The van der Waals surface area contributed by atoms with Gasteiger partial charge in [-0.2, -0.15) is 0 Å². The van der Waals surface area contributed by atoms with E-state index in [0.29, 0.717) is 6.54 Å². The number of nitrogens with zero attached hydrogens (tertiary/aromatic N) is 1. The van der Waals surface area contributed by atoms with Crippen LogP contribution >= 0.6 is 0 Å². The number of nitrogens with two attached hydrogens (primary N) is 1. The average Bonchev–Trinajstić information content (AvgIpc) is 2.47. The maximum absolute atomic E-state index is 12.9. The summed E-state index contributed by atoms with van der Waals surface area (Å²) >= 11 is 0. The monoisotopic (exact) mass is 274 g/mol. The molecule has 3 nitrogen and oxygen atoms in total. The first-order valence-corrected chi connectivity index (χ1v) is 6.47. The molecule has 0 bridgehead atoms. The van der Waals surface area contributed by atoms with Crippen LogP contribution in [0.5, 0.6) is 5.75 Å². The predicted molar refractivity (Wildman–Crippen MR) is 79.6 cm³/mol. The number of halogens is 1. The molecule has 1 unspecified atom stereocenters. The molecule has 0 aliphatic carbocycles. The third-order valence-electron chi connectivity index (χ3n) is 3.27. The molecule has 106 valence electrons. The minimum atomic E-state index is -0.251. The van der Waals surface area contributed by atoms with Gasteiger partial charge in [0.2, 0.25) is 0 Å². The molecule has 0 aliphatic rings. The first-order valence-electron chi connectivity index (χ1n) is 6.47. The number of hydrogen-bond donors (Lipinski definition) is 1. The van der Waals surface area contributed by atoms with Gasteiger partial charge in [-0.05, 0) is 29.8 Å². The standard InChI is InChI=1S/C16H19FN2O/c1-19(15-5-3-4-6-16(15)20-2)11-14(18)12-7-9-13(17)10-8-12/h3-10,14H,11,18H2,1-2H3. The molecule has 0 radical (unpaired) electrons. The van der Waals surface area contributed by atoms with Crippen LogP contribution in [0, 0.1) is 5.82 Å². The highest BCUT2D eigenvalue weighted by molar-refractivity contribution is 5.58. The van der Waals surface area contributed by atoms with Crippen LogP contribution in [0.4, 0.5) is 10.1 Å². The van der Waals surface area contributed by atoms with Crippen LogP contribution in [0.15, 0.2) is 48.5 Å². The van der Waals surface area contributed by atoms with E-state index in [1.165, 1.54) is 12.1 Å². The second kappa shape index (κ2) is 6.39. The highest BCUT2D eigenvalue weighted by Gasteiger charge is 2.12. The van der Waals surface area contributed by atoms with Crippen molar-refractivity contribution in [2.75, 3.05) is 25.6 Å². The Hall–Kier alpha value is -2.07. The van der Waals surface area contributed by atoms with Crippen molar-refractivity contribution in [1.29, 1.82) is 0 Å². The molecule has 2 aromatic carbocycles. The maximum Gasteiger partial charge on any atom is 0.142 e. The van der Waals surface area contributed by atoms with Gasteiger partial charge >= 0.3 is 0 Å². The fourth-order valence-corrected chi connectivity index (χ4v) is 2.15. The Balaban J connectivity index is 2.10. The van der Waals surface area contributed by atoms with E-state index in [-0.39, 0.29) is 11.9 Å². The lowest BCUT2D eigenvalue weighted by Crippen LogP contribution is -2.29. The molecule has 0 fully saturated rings. The van der Waals surface area contributed by atoms with Gasteiger partial charge in [-0.25, -0.2) is 4.39 Å². The summed E-state index contributed by atoms with van der Waals surface area (Å²) in [5.74, 6) is 0.556. The summed E-state index contributed by atoms with van der Waals surface area (Å²) in [6.45, 7) is 0.617. The Bertz CT molecular complexity index is 557. The van der Waals surface area contributed by atoms with Crippen LogP contribution in [0.3, 0.4) is 0 Å². The van der Waals surface area contributed by atoms with Crippen molar-refractivity contribution in [3.05, 3.63) is 59.9 Å². The molecule has 0 saturated carbocycles. The second-order valence-electron chi connectivity index (χ2n) is 4.71. The number of benzene rings is 2. The smallest absolute Gasteiger partial charge is 0.142 e. The van der Waals surface area contributed by atoms with E-state index in [1.807, 2.05) is 36.2 Å². The highest BCUT2D eigenvalue weighted by atomic mass is 19.1. The normalized spacial score (nSPS) is 12.0. The lowest BCUT2D eigenvalue weighted by Gasteiger charge is -2.25. The summed E-state index contributed by atoms with van der Waals surface area (Å²) in [4.78, 5) is 2.03. The summed E-state index contributed by atoms with van der Waals surface area (Å²) in [5, 5.41) is 0. The van der Waals surface area contributed by atoms with Crippen molar-refractivity contribution in [3.8, 4) is 5.75 Å². The fourth-order valence-electron chi connectivity index (χ4n) is 2.15. The molecule has 0 aromatic heterocycles. The third-order valence-corrected chi connectivity index (χ3v) is 3.27. The Labute approximate surface area is 118 Å². The zero-order valence-corrected chi connectivity index (χ0v) is 11.7. The van der Waals surface area contributed by atoms with Gasteiger partial charge in [0.1, 0.15) is 11.6 Å². The minimum absolute atomic E-state index is 0.189. The number of likely N-dealkylation sites (N-methyl/N-ethyl adjacent to an activating group) is 1. The average molecular weight is 274 g/mol. The molecule has 2 N–H and O–H groups in total. The van der Waals surface area contributed by atoms with Crippen molar-refractivity contribution in [1.82, 2.24) is 0 Å². The molecule has 0 heterocycles. The lowest BCUT2D eigenvalue weighted by molar-refractivity contribution is 0.414. The molecule has 0 saturated heterocycles. The minimum Gasteiger partial charge on any atom is -0.495 e. The van der Waals surface area contributed by atoms with Crippen molar-refractivity contribution >= 4 is 5.69 Å². The van der Waals surface area contributed by atoms with Gasteiger partial charge in [0.25, 0.3) is 0 Å². The number of para-hydroxylation sites is 2. The van der Waals surface area contributed by atoms with Gasteiger partial charge in [0.05, 0.1) is 12.8 Å². The molecule has 2 aromatic rings. The quantitative estimate of drug-likeness (QED) is 0.911. The van der Waals surface area contributed by atoms with Crippen LogP contribution in [-0.4, -0.2) is 20.7 Å². The number of ether oxygens (including phenoxy) is 1. The first-order chi connectivity index (χ1) is 9.61. The molecule has 4 heteroatoms. The maximum atomic E-state index is 12.9. The SMILES string of the molecule is COc1ccccc1N(C)CC(N)c1ccc(F)cc1. The Morgan fingerprint density at radius 3 is 2.45 bits per heavy atom. The van der Waals surface area contributed by atoms with E-state index in [2.05, 4.69) is 0 Å². The molecule has 0 amide bonds. The number of hydrogen-bond acceptors (Lipinski definition) is 3. The molecule has 2 rings (SSSR count). The van der Waals surface area contributed by atoms with Crippen molar-refractivity contribution < 1.29 is 9.13 Å². The summed E-state index contributed by atoms with van der Waals surface area (Å²) in [6, 6.07) is 13.9. The van der Waals surface area contributed by atoms with E-state index in [1.54, 1.807) is 19.2 Å². The number of anilines is 1. The topological polar surface area (TPSA) is 38.5 Å². The van der Waals surface area contributed by atoms with E-state index >= 15 is 0 Å². The fraction of sp³-hybridized carbons (Fsp3) is 0.250. The van der Waals surface area contributed by atoms with Gasteiger partial charge < -0.3 is 15.4 Å². The Kier molecular flexibility index (Phi) is 4.58. The summed E-state index contributed by atoms with van der Waals surface area (Å²) in [6.07, 6.45) is 0. The molecule has 1 atom stereocenters. The zero-order valence-electron chi connectivity index (χ0n) is 11.7. The highest BCUT2D eigenvalue weighted by Crippen LogP contribution is 2.27. The van der Waals surface area contributed by atoms with Gasteiger partial charge in [-0.1, -0.05) is 24.3 Å². The van der Waals surface area contributed by atoms with Crippen molar-refractivity contribution in [2.45, 2.75) is 6.04 Å².